The highest BCUT2D eigenvalue weighted by molar-refractivity contribution is 5.93. The lowest BCUT2D eigenvalue weighted by atomic mass is 10.1. The standard InChI is InChI=1S/C10H7FO3/c11-4-7-5-14-9-2-1-6(10(12)13)3-8(7)9/h1-3,5H,4H2,(H,12,13). The zero-order chi connectivity index (χ0) is 10.1. The van der Waals surface area contributed by atoms with Crippen molar-refractivity contribution in [3.63, 3.8) is 0 Å². The second-order valence-electron chi connectivity index (χ2n) is 2.91. The van der Waals surface area contributed by atoms with Crippen molar-refractivity contribution in [2.45, 2.75) is 6.67 Å². The molecule has 0 aliphatic rings. The van der Waals surface area contributed by atoms with Gasteiger partial charge in [-0.3, -0.25) is 0 Å². The van der Waals surface area contributed by atoms with Crippen LogP contribution in [0.5, 0.6) is 0 Å². The van der Waals surface area contributed by atoms with E-state index in [0.717, 1.165) is 0 Å². The molecule has 0 bridgehead atoms. The number of halogens is 1. The number of hydrogen-bond donors (Lipinski definition) is 1. The number of hydrogen-bond acceptors (Lipinski definition) is 2. The molecule has 0 saturated heterocycles. The van der Waals surface area contributed by atoms with E-state index in [1.54, 1.807) is 0 Å². The van der Waals surface area contributed by atoms with Gasteiger partial charge in [-0.1, -0.05) is 0 Å². The van der Waals surface area contributed by atoms with Gasteiger partial charge in [0.15, 0.2) is 0 Å². The van der Waals surface area contributed by atoms with Crippen LogP contribution in [0.4, 0.5) is 4.39 Å². The molecule has 14 heavy (non-hydrogen) atoms. The lowest BCUT2D eigenvalue weighted by Gasteiger charge is -1.94. The van der Waals surface area contributed by atoms with E-state index in [4.69, 9.17) is 9.52 Å². The van der Waals surface area contributed by atoms with Crippen LogP contribution in [0.3, 0.4) is 0 Å². The molecule has 0 radical (unpaired) electrons. The summed E-state index contributed by atoms with van der Waals surface area (Å²) in [5.41, 5.74) is 1.01. The average molecular weight is 194 g/mol. The number of aromatic carboxylic acids is 1. The number of alkyl halides is 1. The monoisotopic (exact) mass is 194 g/mol. The van der Waals surface area contributed by atoms with Crippen LogP contribution in [-0.2, 0) is 6.67 Å². The van der Waals surface area contributed by atoms with Gasteiger partial charge in [-0.05, 0) is 18.2 Å². The minimum atomic E-state index is -1.03. The van der Waals surface area contributed by atoms with Crippen molar-refractivity contribution in [1.29, 1.82) is 0 Å². The third kappa shape index (κ3) is 1.25. The Bertz CT molecular complexity index is 487. The Morgan fingerprint density at radius 1 is 1.50 bits per heavy atom. The zero-order valence-corrected chi connectivity index (χ0v) is 7.16. The van der Waals surface area contributed by atoms with Crippen molar-refractivity contribution < 1.29 is 18.7 Å². The van der Waals surface area contributed by atoms with Crippen molar-refractivity contribution in [1.82, 2.24) is 0 Å². The third-order valence-electron chi connectivity index (χ3n) is 2.04. The molecule has 2 aromatic rings. The van der Waals surface area contributed by atoms with Crippen LogP contribution in [0.15, 0.2) is 28.9 Å². The highest BCUT2D eigenvalue weighted by Crippen LogP contribution is 2.23. The van der Waals surface area contributed by atoms with Crippen molar-refractivity contribution in [3.8, 4) is 0 Å². The van der Waals surface area contributed by atoms with E-state index < -0.39 is 12.6 Å². The lowest BCUT2D eigenvalue weighted by Crippen LogP contribution is -1.94. The Morgan fingerprint density at radius 2 is 2.29 bits per heavy atom. The molecular weight excluding hydrogens is 187 g/mol. The summed E-state index contributed by atoms with van der Waals surface area (Å²) >= 11 is 0. The van der Waals surface area contributed by atoms with E-state index in [9.17, 15) is 9.18 Å². The summed E-state index contributed by atoms with van der Waals surface area (Å²) in [6.45, 7) is -0.657. The Labute approximate surface area is 78.8 Å². The van der Waals surface area contributed by atoms with Gasteiger partial charge in [-0.25, -0.2) is 9.18 Å². The predicted octanol–water partition coefficient (Wildman–Crippen LogP) is 2.60. The molecule has 0 fully saturated rings. The van der Waals surface area contributed by atoms with Gasteiger partial charge < -0.3 is 9.52 Å². The van der Waals surface area contributed by atoms with Gasteiger partial charge in [-0.15, -0.1) is 0 Å². The minimum absolute atomic E-state index is 0.133. The van der Waals surface area contributed by atoms with Crippen LogP contribution in [0.2, 0.25) is 0 Å². The summed E-state index contributed by atoms with van der Waals surface area (Å²) in [6, 6.07) is 4.37. The normalized spacial score (nSPS) is 10.6. The smallest absolute Gasteiger partial charge is 0.335 e. The fourth-order valence-corrected chi connectivity index (χ4v) is 1.32. The molecular formula is C10H7FO3. The second-order valence-corrected chi connectivity index (χ2v) is 2.91. The molecule has 0 aliphatic heterocycles. The summed E-state index contributed by atoms with van der Waals surface area (Å²) in [5.74, 6) is -1.03. The molecule has 0 saturated carbocycles. The Balaban J connectivity index is 2.67. The van der Waals surface area contributed by atoms with Crippen molar-refractivity contribution in [2.75, 3.05) is 0 Å². The van der Waals surface area contributed by atoms with Crippen molar-refractivity contribution in [2.24, 2.45) is 0 Å². The number of carboxylic acids is 1. The molecule has 3 nitrogen and oxygen atoms in total. The van der Waals surface area contributed by atoms with E-state index in [0.29, 0.717) is 16.5 Å². The highest BCUT2D eigenvalue weighted by atomic mass is 19.1. The molecule has 4 heteroatoms. The minimum Gasteiger partial charge on any atom is -0.478 e. The fraction of sp³-hybridized carbons (Fsp3) is 0.100. The van der Waals surface area contributed by atoms with Crippen LogP contribution in [0.25, 0.3) is 11.0 Å². The molecule has 0 aliphatic carbocycles. The molecule has 1 heterocycles. The average Bonchev–Trinajstić information content (AvgIpc) is 2.59. The largest absolute Gasteiger partial charge is 0.478 e. The molecule has 0 atom stereocenters. The molecule has 2 rings (SSSR count). The third-order valence-corrected chi connectivity index (χ3v) is 2.04. The van der Waals surface area contributed by atoms with E-state index in [-0.39, 0.29) is 5.56 Å². The van der Waals surface area contributed by atoms with Gasteiger partial charge in [0, 0.05) is 10.9 Å². The summed E-state index contributed by atoms with van der Waals surface area (Å²) in [7, 11) is 0. The first-order valence-electron chi connectivity index (χ1n) is 4.02. The van der Waals surface area contributed by atoms with Gasteiger partial charge in [0.2, 0.25) is 0 Å². The van der Waals surface area contributed by atoms with E-state index in [2.05, 4.69) is 0 Å². The van der Waals surface area contributed by atoms with Crippen molar-refractivity contribution >= 4 is 16.9 Å². The van der Waals surface area contributed by atoms with Gasteiger partial charge in [0.05, 0.1) is 11.8 Å². The number of furan rings is 1. The SMILES string of the molecule is O=C(O)c1ccc2occ(CF)c2c1. The molecule has 0 spiro atoms. The van der Waals surface area contributed by atoms with Gasteiger partial charge in [0.25, 0.3) is 0 Å². The predicted molar refractivity (Wildman–Crippen MR) is 48.0 cm³/mol. The number of benzene rings is 1. The summed E-state index contributed by atoms with van der Waals surface area (Å²) in [5, 5.41) is 9.24. The Hall–Kier alpha value is -1.84. The lowest BCUT2D eigenvalue weighted by molar-refractivity contribution is 0.0697. The van der Waals surface area contributed by atoms with Crippen LogP contribution in [0.1, 0.15) is 15.9 Å². The Kier molecular flexibility index (Phi) is 1.96. The van der Waals surface area contributed by atoms with Gasteiger partial charge in [-0.2, -0.15) is 0 Å². The topological polar surface area (TPSA) is 50.4 Å². The number of rotatable bonds is 2. The van der Waals surface area contributed by atoms with Crippen LogP contribution in [0, 0.1) is 0 Å². The summed E-state index contributed by atoms with van der Waals surface area (Å²) < 4.78 is 17.5. The zero-order valence-electron chi connectivity index (χ0n) is 7.16. The van der Waals surface area contributed by atoms with E-state index in [1.165, 1.54) is 24.5 Å². The maximum absolute atomic E-state index is 12.4. The molecule has 0 amide bonds. The first-order valence-corrected chi connectivity index (χ1v) is 4.02. The first kappa shape index (κ1) is 8.74. The molecule has 1 aromatic carbocycles. The van der Waals surface area contributed by atoms with E-state index in [1.807, 2.05) is 0 Å². The molecule has 1 aromatic heterocycles. The summed E-state index contributed by atoms with van der Waals surface area (Å²) in [6.07, 6.45) is 1.30. The van der Waals surface area contributed by atoms with Crippen LogP contribution < -0.4 is 0 Å². The van der Waals surface area contributed by atoms with Crippen molar-refractivity contribution in [3.05, 3.63) is 35.6 Å². The number of carbonyl (C=O) groups is 1. The molecule has 1 N–H and O–H groups in total. The fourth-order valence-electron chi connectivity index (χ4n) is 1.32. The number of fused-ring (bicyclic) bond motifs is 1. The maximum Gasteiger partial charge on any atom is 0.335 e. The Morgan fingerprint density at radius 3 is 2.93 bits per heavy atom. The maximum atomic E-state index is 12.4. The van der Waals surface area contributed by atoms with Gasteiger partial charge in [0.1, 0.15) is 12.3 Å². The molecule has 72 valence electrons. The van der Waals surface area contributed by atoms with Crippen LogP contribution >= 0.6 is 0 Å². The molecule has 0 unspecified atom stereocenters. The quantitative estimate of drug-likeness (QED) is 0.799. The highest BCUT2D eigenvalue weighted by Gasteiger charge is 2.09. The van der Waals surface area contributed by atoms with Gasteiger partial charge >= 0.3 is 5.97 Å². The summed E-state index contributed by atoms with van der Waals surface area (Å²) in [4.78, 5) is 10.6. The number of carboxylic acid groups (broad SMARTS) is 1. The van der Waals surface area contributed by atoms with Crippen LogP contribution in [-0.4, -0.2) is 11.1 Å². The second kappa shape index (κ2) is 3.14. The van der Waals surface area contributed by atoms with E-state index >= 15 is 0 Å². The first-order chi connectivity index (χ1) is 6.72.